The number of carbonyl (C=O) groups is 2. The number of anilines is 2. The number of carboxylic acids is 1. The second kappa shape index (κ2) is 7.84. The number of aromatic nitrogens is 2. The Morgan fingerprint density at radius 1 is 1.10 bits per heavy atom. The van der Waals surface area contributed by atoms with E-state index in [1.54, 1.807) is 0 Å². The van der Waals surface area contributed by atoms with Gasteiger partial charge in [0.2, 0.25) is 0 Å². The van der Waals surface area contributed by atoms with Crippen molar-refractivity contribution in [2.24, 2.45) is 0 Å². The summed E-state index contributed by atoms with van der Waals surface area (Å²) in [6.07, 6.45) is -4.22. The number of pyridine rings is 2. The van der Waals surface area contributed by atoms with Gasteiger partial charge in [0, 0.05) is 32.1 Å². The third-order valence-electron chi connectivity index (χ3n) is 4.47. The highest BCUT2D eigenvalue weighted by atomic mass is 19.4. The van der Waals surface area contributed by atoms with E-state index in [2.05, 4.69) is 15.3 Å². The van der Waals surface area contributed by atoms with Gasteiger partial charge < -0.3 is 15.3 Å². The first kappa shape index (κ1) is 21.4. The number of piperidine rings is 1. The summed E-state index contributed by atoms with van der Waals surface area (Å²) < 4.78 is 66.2. The van der Waals surface area contributed by atoms with Crippen LogP contribution in [0.4, 0.5) is 33.5 Å². The first-order chi connectivity index (χ1) is 14.0. The molecule has 1 fully saturated rings. The number of nitrogens with zero attached hydrogens (tertiary/aromatic N) is 3. The van der Waals surface area contributed by atoms with Crippen LogP contribution in [0.1, 0.15) is 39.3 Å². The lowest BCUT2D eigenvalue weighted by molar-refractivity contribution is -0.137. The van der Waals surface area contributed by atoms with E-state index < -0.39 is 47.9 Å². The van der Waals surface area contributed by atoms with Crippen LogP contribution in [-0.2, 0) is 6.18 Å². The average Bonchev–Trinajstić information content (AvgIpc) is 2.67. The number of carboxylic acid groups (broad SMARTS) is 1. The molecule has 160 valence electrons. The maximum Gasteiger partial charge on any atom is 0.417 e. The molecule has 0 unspecified atom stereocenters. The summed E-state index contributed by atoms with van der Waals surface area (Å²) in [7, 11) is 0. The molecule has 30 heavy (non-hydrogen) atoms. The highest BCUT2D eigenvalue weighted by Crippen LogP contribution is 2.34. The van der Waals surface area contributed by atoms with Gasteiger partial charge in [-0.3, -0.25) is 4.79 Å². The average molecular weight is 430 g/mol. The Morgan fingerprint density at radius 3 is 2.30 bits per heavy atom. The quantitative estimate of drug-likeness (QED) is 0.719. The molecular weight excluding hydrogens is 415 g/mol. The van der Waals surface area contributed by atoms with E-state index in [-0.39, 0.29) is 30.3 Å². The molecule has 3 rings (SSSR count). The summed E-state index contributed by atoms with van der Waals surface area (Å²) in [6.45, 7) is -0.360. The molecule has 0 saturated carbocycles. The molecule has 12 heteroatoms. The van der Waals surface area contributed by atoms with E-state index in [1.165, 1.54) is 11.0 Å². The molecule has 0 radical (unpaired) electrons. The lowest BCUT2D eigenvalue weighted by Crippen LogP contribution is -2.40. The van der Waals surface area contributed by atoms with Crippen LogP contribution in [0.25, 0.3) is 0 Å². The second-order valence-corrected chi connectivity index (χ2v) is 6.63. The van der Waals surface area contributed by atoms with Crippen LogP contribution >= 0.6 is 0 Å². The Labute approximate surface area is 166 Å². The monoisotopic (exact) mass is 430 g/mol. The molecular formula is C18H15F5N4O3. The summed E-state index contributed by atoms with van der Waals surface area (Å²) in [5.74, 6) is -5.29. The fraction of sp³-hybridized carbons (Fsp3) is 0.333. The maximum absolute atomic E-state index is 13.4. The van der Waals surface area contributed by atoms with E-state index in [0.717, 1.165) is 12.3 Å². The van der Waals surface area contributed by atoms with Gasteiger partial charge in [0.1, 0.15) is 11.5 Å². The van der Waals surface area contributed by atoms with Crippen LogP contribution in [0.15, 0.2) is 30.6 Å². The molecule has 2 N–H and O–H groups in total. The Bertz CT molecular complexity index is 953. The number of carbonyl (C=O) groups excluding carboxylic acids is 1. The smallest absolute Gasteiger partial charge is 0.417 e. The van der Waals surface area contributed by atoms with Crippen molar-refractivity contribution in [2.45, 2.75) is 24.9 Å². The van der Waals surface area contributed by atoms with Crippen LogP contribution in [0.5, 0.6) is 0 Å². The number of hydrogen-bond donors (Lipinski definition) is 2. The molecule has 0 bridgehead atoms. The first-order valence-electron chi connectivity index (χ1n) is 8.67. The first-order valence-corrected chi connectivity index (χ1v) is 8.67. The third kappa shape index (κ3) is 4.81. The molecule has 1 saturated heterocycles. The maximum atomic E-state index is 13.4. The predicted octanol–water partition coefficient (Wildman–Crippen LogP) is 3.68. The van der Waals surface area contributed by atoms with Crippen LogP contribution in [0.3, 0.4) is 0 Å². The molecule has 3 heterocycles. The molecule has 1 aliphatic heterocycles. The number of halogens is 5. The van der Waals surface area contributed by atoms with E-state index in [4.69, 9.17) is 5.11 Å². The number of nitrogens with one attached hydrogen (secondary N) is 1. The van der Waals surface area contributed by atoms with Crippen molar-refractivity contribution in [1.82, 2.24) is 9.97 Å². The minimum Gasteiger partial charge on any atom is -0.477 e. The van der Waals surface area contributed by atoms with Gasteiger partial charge in [-0.1, -0.05) is 0 Å². The molecule has 1 amide bonds. The zero-order chi connectivity index (χ0) is 22.1. The Kier molecular flexibility index (Phi) is 5.59. The van der Waals surface area contributed by atoms with E-state index in [1.807, 2.05) is 0 Å². The molecule has 7 nitrogen and oxygen atoms in total. The fourth-order valence-corrected chi connectivity index (χ4v) is 2.87. The summed E-state index contributed by atoms with van der Waals surface area (Å²) in [5, 5.41) is 11.2. The van der Waals surface area contributed by atoms with Gasteiger partial charge in [0.25, 0.3) is 11.8 Å². The molecule has 2 aromatic heterocycles. The molecule has 2 aromatic rings. The largest absolute Gasteiger partial charge is 0.477 e. The topological polar surface area (TPSA) is 95.4 Å². The third-order valence-corrected chi connectivity index (χ3v) is 4.47. The number of aromatic carboxylic acids is 1. The predicted molar refractivity (Wildman–Crippen MR) is 94.8 cm³/mol. The van der Waals surface area contributed by atoms with Crippen molar-refractivity contribution in [3.63, 3.8) is 0 Å². The lowest BCUT2D eigenvalue weighted by Gasteiger charge is -2.33. The van der Waals surface area contributed by atoms with Crippen molar-refractivity contribution >= 4 is 23.4 Å². The Hall–Kier alpha value is -3.31. The van der Waals surface area contributed by atoms with Gasteiger partial charge in [-0.25, -0.2) is 23.5 Å². The van der Waals surface area contributed by atoms with Crippen LogP contribution in [0, 0.1) is 0 Å². The van der Waals surface area contributed by atoms with Gasteiger partial charge in [0.15, 0.2) is 0 Å². The fourth-order valence-electron chi connectivity index (χ4n) is 2.87. The lowest BCUT2D eigenvalue weighted by atomic mass is 10.1. The van der Waals surface area contributed by atoms with E-state index in [9.17, 15) is 31.5 Å². The van der Waals surface area contributed by atoms with E-state index >= 15 is 0 Å². The van der Waals surface area contributed by atoms with Crippen LogP contribution in [-0.4, -0.2) is 46.0 Å². The van der Waals surface area contributed by atoms with Gasteiger partial charge in [-0.05, 0) is 18.2 Å². The van der Waals surface area contributed by atoms with Crippen LogP contribution in [0.2, 0.25) is 0 Å². The van der Waals surface area contributed by atoms with Gasteiger partial charge >= 0.3 is 12.1 Å². The minimum atomic E-state index is -4.76. The number of hydrogen-bond acceptors (Lipinski definition) is 5. The second-order valence-electron chi connectivity index (χ2n) is 6.63. The minimum absolute atomic E-state index is 0.0403. The SMILES string of the molecule is O=C(O)c1ccc(NC(=O)c2cc(C(F)(F)F)cnc2N2CCC(F)(F)CC2)cn1. The van der Waals surface area contributed by atoms with Crippen molar-refractivity contribution in [3.05, 3.63) is 47.4 Å². The van der Waals surface area contributed by atoms with Crippen molar-refractivity contribution in [1.29, 1.82) is 0 Å². The molecule has 0 atom stereocenters. The number of alkyl halides is 5. The summed E-state index contributed by atoms with van der Waals surface area (Å²) in [6, 6.07) is 2.93. The van der Waals surface area contributed by atoms with Crippen molar-refractivity contribution in [3.8, 4) is 0 Å². The molecule has 0 spiro atoms. The zero-order valence-electron chi connectivity index (χ0n) is 15.2. The number of amides is 1. The normalized spacial score (nSPS) is 16.2. The summed E-state index contributed by atoms with van der Waals surface area (Å²) in [4.78, 5) is 32.2. The van der Waals surface area contributed by atoms with Gasteiger partial charge in [-0.2, -0.15) is 13.2 Å². The molecule has 1 aliphatic rings. The Balaban J connectivity index is 1.91. The zero-order valence-corrected chi connectivity index (χ0v) is 15.2. The highest BCUT2D eigenvalue weighted by Gasteiger charge is 2.37. The summed E-state index contributed by atoms with van der Waals surface area (Å²) >= 11 is 0. The van der Waals surface area contributed by atoms with E-state index in [0.29, 0.717) is 12.3 Å². The Morgan fingerprint density at radius 2 is 1.77 bits per heavy atom. The van der Waals surface area contributed by atoms with Crippen LogP contribution < -0.4 is 10.2 Å². The van der Waals surface area contributed by atoms with Crippen molar-refractivity contribution < 1.29 is 36.6 Å². The van der Waals surface area contributed by atoms with Gasteiger partial charge in [-0.15, -0.1) is 0 Å². The van der Waals surface area contributed by atoms with Crippen molar-refractivity contribution in [2.75, 3.05) is 23.3 Å². The molecule has 0 aliphatic carbocycles. The highest BCUT2D eigenvalue weighted by molar-refractivity contribution is 6.07. The summed E-state index contributed by atoms with van der Waals surface area (Å²) in [5.41, 5.74) is -1.86. The molecule has 0 aromatic carbocycles. The standard InChI is InChI=1S/C18H15F5N4O3/c19-17(20)3-5-27(6-4-17)14-12(7-10(8-25-14)18(21,22)23)15(28)26-11-1-2-13(16(29)30)24-9-11/h1-2,7-9H,3-6H2,(H,26,28)(H,29,30). The number of rotatable bonds is 4. The van der Waals surface area contributed by atoms with Gasteiger partial charge in [0.05, 0.1) is 23.0 Å².